The second kappa shape index (κ2) is 7.44. The SMILES string of the molecule is Fc1cc(Cc2ncc(Cc3c[nH]c4ncc(Cl)cc34)cn2)ccc1C(F)(F)F. The van der Waals surface area contributed by atoms with Crippen molar-refractivity contribution in [3.8, 4) is 0 Å². The summed E-state index contributed by atoms with van der Waals surface area (Å²) in [4.78, 5) is 15.8. The molecule has 0 saturated carbocycles. The number of nitrogens with zero attached hydrogens (tertiary/aromatic N) is 3. The van der Waals surface area contributed by atoms with Crippen molar-refractivity contribution in [1.29, 1.82) is 0 Å². The summed E-state index contributed by atoms with van der Waals surface area (Å²) in [7, 11) is 0. The first-order valence-electron chi connectivity index (χ1n) is 8.56. The van der Waals surface area contributed by atoms with Crippen LogP contribution in [0.15, 0.2) is 49.1 Å². The zero-order chi connectivity index (χ0) is 20.6. The van der Waals surface area contributed by atoms with E-state index in [2.05, 4.69) is 19.9 Å². The van der Waals surface area contributed by atoms with Crippen molar-refractivity contribution in [2.45, 2.75) is 19.0 Å². The standard InChI is InChI=1S/C20H13ClF4N4/c21-14-6-15-13(9-28-19(15)29-10-14)3-12-7-26-18(27-8-12)5-11-1-2-16(17(22)4-11)20(23,24)25/h1-2,4,6-10H,3,5H2,(H,28,29). The van der Waals surface area contributed by atoms with Crippen molar-refractivity contribution in [2.24, 2.45) is 0 Å². The summed E-state index contributed by atoms with van der Waals surface area (Å²) in [6.07, 6.45) is 2.64. The Hall–Kier alpha value is -3.00. The van der Waals surface area contributed by atoms with Gasteiger partial charge in [0.2, 0.25) is 0 Å². The van der Waals surface area contributed by atoms with Gasteiger partial charge in [-0.05, 0) is 34.9 Å². The van der Waals surface area contributed by atoms with E-state index in [9.17, 15) is 17.6 Å². The van der Waals surface area contributed by atoms with E-state index in [0.29, 0.717) is 22.8 Å². The Kier molecular flexibility index (Phi) is 4.96. The molecule has 4 aromatic rings. The number of alkyl halides is 3. The minimum absolute atomic E-state index is 0.127. The fraction of sp³-hybridized carbons (Fsp3) is 0.150. The molecule has 4 rings (SSSR count). The molecule has 0 aliphatic rings. The fourth-order valence-corrected chi connectivity index (χ4v) is 3.20. The molecular weight excluding hydrogens is 408 g/mol. The van der Waals surface area contributed by atoms with Crippen LogP contribution in [-0.4, -0.2) is 19.9 Å². The van der Waals surface area contributed by atoms with E-state index in [-0.39, 0.29) is 6.42 Å². The number of benzene rings is 1. The number of rotatable bonds is 4. The highest BCUT2D eigenvalue weighted by molar-refractivity contribution is 6.31. The van der Waals surface area contributed by atoms with Gasteiger partial charge in [0.05, 0.1) is 10.6 Å². The smallest absolute Gasteiger partial charge is 0.346 e. The highest BCUT2D eigenvalue weighted by Crippen LogP contribution is 2.31. The summed E-state index contributed by atoms with van der Waals surface area (Å²) < 4.78 is 51.6. The lowest BCUT2D eigenvalue weighted by atomic mass is 10.1. The molecular formula is C20H13ClF4N4. The van der Waals surface area contributed by atoms with E-state index in [4.69, 9.17) is 11.6 Å². The highest BCUT2D eigenvalue weighted by Gasteiger charge is 2.33. The molecule has 1 aromatic carbocycles. The van der Waals surface area contributed by atoms with Gasteiger partial charge < -0.3 is 4.98 Å². The molecule has 0 unspecified atom stereocenters. The Morgan fingerprint density at radius 1 is 0.931 bits per heavy atom. The van der Waals surface area contributed by atoms with Gasteiger partial charge in [0.15, 0.2) is 0 Å². The molecule has 0 amide bonds. The predicted octanol–water partition coefficient (Wildman–Crippen LogP) is 5.35. The van der Waals surface area contributed by atoms with Crippen molar-refractivity contribution in [1.82, 2.24) is 19.9 Å². The predicted molar refractivity (Wildman–Crippen MR) is 100 cm³/mol. The lowest BCUT2D eigenvalue weighted by Crippen LogP contribution is -2.08. The quantitative estimate of drug-likeness (QED) is 0.453. The maximum Gasteiger partial charge on any atom is 0.419 e. The molecule has 4 nitrogen and oxygen atoms in total. The molecule has 3 heterocycles. The van der Waals surface area contributed by atoms with E-state index >= 15 is 0 Å². The number of aromatic amines is 1. The molecule has 9 heteroatoms. The van der Waals surface area contributed by atoms with Crippen LogP contribution >= 0.6 is 11.6 Å². The van der Waals surface area contributed by atoms with Crippen LogP contribution in [0.1, 0.15) is 28.1 Å². The molecule has 0 fully saturated rings. The Labute approximate surface area is 167 Å². The second-order valence-corrected chi connectivity index (χ2v) is 6.97. The summed E-state index contributed by atoms with van der Waals surface area (Å²) in [5, 5.41) is 1.44. The van der Waals surface area contributed by atoms with Gasteiger partial charge in [0.1, 0.15) is 17.3 Å². The van der Waals surface area contributed by atoms with Crippen molar-refractivity contribution >= 4 is 22.6 Å². The molecule has 3 aromatic heterocycles. The van der Waals surface area contributed by atoms with E-state index in [1.807, 2.05) is 12.3 Å². The summed E-state index contributed by atoms with van der Waals surface area (Å²) in [5.74, 6) is -0.922. The number of halogens is 5. The van der Waals surface area contributed by atoms with Gasteiger partial charge in [-0.25, -0.2) is 19.3 Å². The third kappa shape index (κ3) is 4.22. The number of nitrogens with one attached hydrogen (secondary N) is 1. The molecule has 0 atom stereocenters. The monoisotopic (exact) mass is 420 g/mol. The number of hydrogen-bond donors (Lipinski definition) is 1. The van der Waals surface area contributed by atoms with Gasteiger partial charge in [-0.3, -0.25) is 0 Å². The summed E-state index contributed by atoms with van der Waals surface area (Å²) >= 11 is 6.00. The maximum atomic E-state index is 13.7. The van der Waals surface area contributed by atoms with Crippen molar-refractivity contribution in [2.75, 3.05) is 0 Å². The van der Waals surface area contributed by atoms with E-state index < -0.39 is 17.6 Å². The third-order valence-corrected chi connectivity index (χ3v) is 4.64. The summed E-state index contributed by atoms with van der Waals surface area (Å²) in [5.41, 5.74) is 1.63. The molecule has 0 radical (unpaired) electrons. The van der Waals surface area contributed by atoms with Crippen LogP contribution in [0, 0.1) is 5.82 Å². The third-order valence-electron chi connectivity index (χ3n) is 4.44. The molecule has 0 bridgehead atoms. The Morgan fingerprint density at radius 3 is 2.38 bits per heavy atom. The first-order chi connectivity index (χ1) is 13.8. The molecule has 0 aliphatic heterocycles. The minimum atomic E-state index is -4.72. The fourth-order valence-electron chi connectivity index (χ4n) is 3.04. The minimum Gasteiger partial charge on any atom is -0.346 e. The average Bonchev–Trinajstić information content (AvgIpc) is 3.04. The highest BCUT2D eigenvalue weighted by atomic mass is 35.5. The largest absolute Gasteiger partial charge is 0.419 e. The summed E-state index contributed by atoms with van der Waals surface area (Å²) in [6, 6.07) is 4.65. The van der Waals surface area contributed by atoms with Crippen LogP contribution in [0.2, 0.25) is 5.02 Å². The molecule has 148 valence electrons. The van der Waals surface area contributed by atoms with Crippen molar-refractivity contribution < 1.29 is 17.6 Å². The van der Waals surface area contributed by atoms with Gasteiger partial charge in [0, 0.05) is 43.0 Å². The number of hydrogen-bond acceptors (Lipinski definition) is 3. The van der Waals surface area contributed by atoms with Gasteiger partial charge >= 0.3 is 6.18 Å². The summed E-state index contributed by atoms with van der Waals surface area (Å²) in [6.45, 7) is 0. The van der Waals surface area contributed by atoms with Crippen LogP contribution < -0.4 is 0 Å². The van der Waals surface area contributed by atoms with Crippen LogP contribution in [-0.2, 0) is 19.0 Å². The molecule has 0 saturated heterocycles. The zero-order valence-corrected chi connectivity index (χ0v) is 15.5. The van der Waals surface area contributed by atoms with Crippen LogP contribution in [0.3, 0.4) is 0 Å². The Balaban J connectivity index is 1.49. The first-order valence-corrected chi connectivity index (χ1v) is 8.94. The number of H-pyrrole nitrogens is 1. The molecule has 0 aliphatic carbocycles. The lowest BCUT2D eigenvalue weighted by Gasteiger charge is -2.09. The van der Waals surface area contributed by atoms with Crippen LogP contribution in [0.4, 0.5) is 17.6 Å². The van der Waals surface area contributed by atoms with E-state index in [1.165, 1.54) is 6.07 Å². The van der Waals surface area contributed by atoms with Gasteiger partial charge in [-0.15, -0.1) is 0 Å². The molecule has 1 N–H and O–H groups in total. The topological polar surface area (TPSA) is 54.5 Å². The maximum absolute atomic E-state index is 13.7. The van der Waals surface area contributed by atoms with Crippen molar-refractivity contribution in [3.63, 3.8) is 0 Å². The number of fused-ring (bicyclic) bond motifs is 1. The Bertz CT molecular complexity index is 1170. The van der Waals surface area contributed by atoms with Crippen molar-refractivity contribution in [3.05, 3.63) is 88.0 Å². The molecule has 0 spiro atoms. The van der Waals surface area contributed by atoms with E-state index in [1.54, 1.807) is 18.6 Å². The normalized spacial score (nSPS) is 11.9. The van der Waals surface area contributed by atoms with E-state index in [0.717, 1.165) is 34.3 Å². The second-order valence-electron chi connectivity index (χ2n) is 6.54. The van der Waals surface area contributed by atoms with Crippen LogP contribution in [0.5, 0.6) is 0 Å². The Morgan fingerprint density at radius 2 is 1.69 bits per heavy atom. The number of aromatic nitrogens is 4. The molecule has 29 heavy (non-hydrogen) atoms. The van der Waals surface area contributed by atoms with Gasteiger partial charge in [-0.2, -0.15) is 13.2 Å². The zero-order valence-electron chi connectivity index (χ0n) is 14.8. The number of pyridine rings is 1. The van der Waals surface area contributed by atoms with Gasteiger partial charge in [0.25, 0.3) is 0 Å². The lowest BCUT2D eigenvalue weighted by molar-refractivity contribution is -0.140. The average molecular weight is 421 g/mol. The first kappa shape index (κ1) is 19.3. The van der Waals surface area contributed by atoms with Crippen LogP contribution in [0.25, 0.3) is 11.0 Å². The van der Waals surface area contributed by atoms with Gasteiger partial charge in [-0.1, -0.05) is 17.7 Å².